The van der Waals surface area contributed by atoms with Gasteiger partial charge in [0.05, 0.1) is 0 Å². The quantitative estimate of drug-likeness (QED) is 0.782. The number of rotatable bonds is 1. The molecule has 0 radical (unpaired) electrons. The van der Waals surface area contributed by atoms with Crippen LogP contribution in [0.1, 0.15) is 52.4 Å². The molecule has 0 aromatic heterocycles. The number of nitrogens with one attached hydrogen (secondary N) is 1. The fourth-order valence-electron chi connectivity index (χ4n) is 6.83. The van der Waals surface area contributed by atoms with Gasteiger partial charge in [-0.15, -0.1) is 0 Å². The van der Waals surface area contributed by atoms with E-state index in [2.05, 4.69) is 25.2 Å². The third kappa shape index (κ3) is 1.81. The molecule has 1 amide bonds. The van der Waals surface area contributed by atoms with Crippen LogP contribution < -0.4 is 11.1 Å². The summed E-state index contributed by atoms with van der Waals surface area (Å²) in [6, 6.07) is 0.349. The summed E-state index contributed by atoms with van der Waals surface area (Å²) in [6.45, 7) is 5.77. The first-order valence-corrected chi connectivity index (χ1v) is 9.19. The molecule has 0 aromatic carbocycles. The highest BCUT2D eigenvalue weighted by Crippen LogP contribution is 2.64. The molecule has 0 aromatic rings. The molecule has 4 aliphatic rings. The summed E-state index contributed by atoms with van der Waals surface area (Å²) < 4.78 is 0. The number of amides is 1. The molecule has 122 valence electrons. The lowest BCUT2D eigenvalue weighted by molar-refractivity contribution is -0.122. The Balaban J connectivity index is 1.66. The molecule has 0 spiro atoms. The summed E-state index contributed by atoms with van der Waals surface area (Å²) in [5.74, 6) is 3.24. The zero-order valence-electron chi connectivity index (χ0n) is 14.0. The van der Waals surface area contributed by atoms with Gasteiger partial charge in [-0.05, 0) is 80.2 Å². The third-order valence-corrected chi connectivity index (χ3v) is 8.17. The second-order valence-corrected chi connectivity index (χ2v) is 8.77. The monoisotopic (exact) mass is 302 g/mol. The Morgan fingerprint density at radius 3 is 2.77 bits per heavy atom. The van der Waals surface area contributed by atoms with Crippen molar-refractivity contribution in [2.45, 2.75) is 58.4 Å². The number of hydrogen-bond donors (Lipinski definition) is 2. The molecule has 22 heavy (non-hydrogen) atoms. The lowest BCUT2D eigenvalue weighted by Crippen LogP contribution is -2.59. The summed E-state index contributed by atoms with van der Waals surface area (Å²) in [5, 5.41) is 3.24. The Morgan fingerprint density at radius 1 is 1.18 bits per heavy atom. The molecule has 3 saturated carbocycles. The molecular weight excluding hydrogens is 272 g/mol. The summed E-state index contributed by atoms with van der Waals surface area (Å²) in [7, 11) is 0. The van der Waals surface area contributed by atoms with Crippen molar-refractivity contribution < 1.29 is 4.79 Å². The highest BCUT2D eigenvalue weighted by Gasteiger charge is 2.59. The molecule has 3 fully saturated rings. The second kappa shape index (κ2) is 4.83. The minimum Gasteiger partial charge on any atom is -0.349 e. The molecule has 3 aliphatic carbocycles. The van der Waals surface area contributed by atoms with Crippen LogP contribution in [0.4, 0.5) is 0 Å². The maximum atomic E-state index is 11.7. The summed E-state index contributed by atoms with van der Waals surface area (Å²) >= 11 is 0. The van der Waals surface area contributed by atoms with Gasteiger partial charge in [0.1, 0.15) is 0 Å². The van der Waals surface area contributed by atoms with Gasteiger partial charge in [-0.3, -0.25) is 4.79 Å². The first-order chi connectivity index (χ1) is 10.5. The molecular formula is C19H30N2O. The van der Waals surface area contributed by atoms with Crippen LogP contribution in [0.15, 0.2) is 12.2 Å². The Bertz CT molecular complexity index is 516. The highest BCUT2D eigenvalue weighted by molar-refractivity contribution is 5.89. The predicted molar refractivity (Wildman–Crippen MR) is 88.0 cm³/mol. The van der Waals surface area contributed by atoms with Crippen LogP contribution in [0.2, 0.25) is 0 Å². The Morgan fingerprint density at radius 2 is 2.00 bits per heavy atom. The normalized spacial score (nSPS) is 53.4. The number of fused-ring (bicyclic) bond motifs is 5. The van der Waals surface area contributed by atoms with Crippen LogP contribution in [-0.4, -0.2) is 18.5 Å². The molecule has 4 rings (SSSR count). The number of carbonyl (C=O) groups excluding carboxylic acids is 1. The van der Waals surface area contributed by atoms with Gasteiger partial charge < -0.3 is 11.1 Å². The van der Waals surface area contributed by atoms with E-state index in [9.17, 15) is 4.79 Å². The largest absolute Gasteiger partial charge is 0.349 e. The van der Waals surface area contributed by atoms with E-state index in [0.717, 1.165) is 36.6 Å². The minimum absolute atomic E-state index is 0.102. The smallest absolute Gasteiger partial charge is 0.243 e. The molecule has 7 atom stereocenters. The standard InChI is InChI=1S/C19H30N2O/c1-18-9-7-15-13(14(18)5-3-12(18)11-20)4-6-16-19(15,2)10-8-17(22)21-16/h8,10,12-16H,3-7,9,11,20H2,1-2H3,(H,21,22)/t12?,13?,14?,15?,16?,18-,19?/m1/s1. The molecule has 0 bridgehead atoms. The fourth-order valence-corrected chi connectivity index (χ4v) is 6.83. The van der Waals surface area contributed by atoms with Gasteiger partial charge in [0.25, 0.3) is 0 Å². The van der Waals surface area contributed by atoms with Crippen molar-refractivity contribution in [3.05, 3.63) is 12.2 Å². The van der Waals surface area contributed by atoms with Crippen molar-refractivity contribution in [2.24, 2.45) is 40.2 Å². The van der Waals surface area contributed by atoms with Crippen LogP contribution in [0, 0.1) is 34.5 Å². The zero-order valence-corrected chi connectivity index (χ0v) is 14.0. The molecule has 1 heterocycles. The first-order valence-electron chi connectivity index (χ1n) is 9.19. The van der Waals surface area contributed by atoms with E-state index in [-0.39, 0.29) is 11.3 Å². The van der Waals surface area contributed by atoms with Gasteiger partial charge in [-0.25, -0.2) is 0 Å². The van der Waals surface area contributed by atoms with E-state index in [0.29, 0.717) is 11.5 Å². The van der Waals surface area contributed by atoms with Crippen molar-refractivity contribution >= 4 is 5.91 Å². The molecule has 0 saturated heterocycles. The highest BCUT2D eigenvalue weighted by atomic mass is 16.1. The predicted octanol–water partition coefficient (Wildman–Crippen LogP) is 2.86. The Kier molecular flexibility index (Phi) is 3.24. The Hall–Kier alpha value is -0.830. The van der Waals surface area contributed by atoms with Crippen molar-refractivity contribution in [1.82, 2.24) is 5.32 Å². The number of carbonyl (C=O) groups is 1. The van der Waals surface area contributed by atoms with Crippen LogP contribution in [-0.2, 0) is 4.79 Å². The summed E-state index contributed by atoms with van der Waals surface area (Å²) in [6.07, 6.45) is 11.8. The number of nitrogens with two attached hydrogens (primary N) is 1. The SMILES string of the molecule is CC12C=CC(=O)NC1CCC1C2CC[C@]2(C)C(CN)CCC12. The molecule has 3 heteroatoms. The van der Waals surface area contributed by atoms with E-state index in [1.807, 2.05) is 0 Å². The van der Waals surface area contributed by atoms with Gasteiger partial charge >= 0.3 is 0 Å². The third-order valence-electron chi connectivity index (χ3n) is 8.17. The van der Waals surface area contributed by atoms with E-state index >= 15 is 0 Å². The topological polar surface area (TPSA) is 55.1 Å². The first kappa shape index (κ1) is 14.7. The zero-order chi connectivity index (χ0) is 15.5. The van der Waals surface area contributed by atoms with E-state index in [1.165, 1.54) is 32.1 Å². The number of hydrogen-bond acceptors (Lipinski definition) is 2. The minimum atomic E-state index is 0.102. The van der Waals surface area contributed by atoms with Crippen molar-refractivity contribution in [2.75, 3.05) is 6.54 Å². The van der Waals surface area contributed by atoms with E-state index < -0.39 is 0 Å². The summed E-state index contributed by atoms with van der Waals surface area (Å²) in [5.41, 5.74) is 6.72. The van der Waals surface area contributed by atoms with Crippen molar-refractivity contribution in [3.8, 4) is 0 Å². The molecule has 3 N–H and O–H groups in total. The van der Waals surface area contributed by atoms with Crippen LogP contribution >= 0.6 is 0 Å². The van der Waals surface area contributed by atoms with Gasteiger partial charge in [0.15, 0.2) is 0 Å². The molecule has 3 nitrogen and oxygen atoms in total. The van der Waals surface area contributed by atoms with E-state index in [4.69, 9.17) is 5.73 Å². The van der Waals surface area contributed by atoms with Gasteiger partial charge in [0.2, 0.25) is 5.91 Å². The second-order valence-electron chi connectivity index (χ2n) is 8.77. The Labute approximate surface area is 134 Å². The molecule has 1 aliphatic heterocycles. The lowest BCUT2D eigenvalue weighted by atomic mass is 9.48. The van der Waals surface area contributed by atoms with Crippen LogP contribution in [0.5, 0.6) is 0 Å². The van der Waals surface area contributed by atoms with Crippen LogP contribution in [0.3, 0.4) is 0 Å². The average molecular weight is 302 g/mol. The van der Waals surface area contributed by atoms with E-state index in [1.54, 1.807) is 6.08 Å². The van der Waals surface area contributed by atoms with Crippen molar-refractivity contribution in [3.63, 3.8) is 0 Å². The fraction of sp³-hybridized carbons (Fsp3) is 0.842. The lowest BCUT2D eigenvalue weighted by Gasteiger charge is -2.58. The van der Waals surface area contributed by atoms with Gasteiger partial charge in [0, 0.05) is 11.5 Å². The van der Waals surface area contributed by atoms with Crippen molar-refractivity contribution in [1.29, 1.82) is 0 Å². The van der Waals surface area contributed by atoms with Gasteiger partial charge in [-0.1, -0.05) is 19.9 Å². The maximum Gasteiger partial charge on any atom is 0.243 e. The maximum absolute atomic E-state index is 11.7. The molecule has 6 unspecified atom stereocenters. The van der Waals surface area contributed by atoms with Crippen LogP contribution in [0.25, 0.3) is 0 Å². The summed E-state index contributed by atoms with van der Waals surface area (Å²) in [4.78, 5) is 11.7. The van der Waals surface area contributed by atoms with Gasteiger partial charge in [-0.2, -0.15) is 0 Å². The average Bonchev–Trinajstić information content (AvgIpc) is 2.84.